The highest BCUT2D eigenvalue weighted by Gasteiger charge is 2.25. The fourth-order valence-electron chi connectivity index (χ4n) is 2.14. The van der Waals surface area contributed by atoms with Crippen molar-refractivity contribution < 1.29 is 0 Å². The molecule has 0 spiro atoms. The van der Waals surface area contributed by atoms with Gasteiger partial charge in [0, 0.05) is 6.54 Å². The average Bonchev–Trinajstić information content (AvgIpc) is 2.26. The zero-order chi connectivity index (χ0) is 11.6. The number of nitrogens with one attached hydrogen (secondary N) is 1. The van der Waals surface area contributed by atoms with E-state index >= 15 is 0 Å². The van der Waals surface area contributed by atoms with E-state index in [4.69, 9.17) is 0 Å². The van der Waals surface area contributed by atoms with Gasteiger partial charge in [0.2, 0.25) is 0 Å². The van der Waals surface area contributed by atoms with Crippen molar-refractivity contribution in [1.29, 1.82) is 0 Å². The molecule has 0 aromatic carbocycles. The maximum Gasteiger partial charge on any atom is 0.000500 e. The minimum atomic E-state index is 0.562. The summed E-state index contributed by atoms with van der Waals surface area (Å²) in [5, 5.41) is 3.39. The molecule has 0 aliphatic heterocycles. The number of hydrogen-bond acceptors (Lipinski definition) is 2. The predicted molar refractivity (Wildman–Crippen MR) is 73.8 cm³/mol. The van der Waals surface area contributed by atoms with Gasteiger partial charge in [0.1, 0.15) is 0 Å². The summed E-state index contributed by atoms with van der Waals surface area (Å²) in [5.41, 5.74) is 0.562. The first kappa shape index (κ1) is 15.3. The Bertz CT molecular complexity index is 138. The Morgan fingerprint density at radius 3 is 2.33 bits per heavy atom. The van der Waals surface area contributed by atoms with Crippen molar-refractivity contribution in [2.75, 3.05) is 25.1 Å². The zero-order valence-electron chi connectivity index (χ0n) is 11.1. The molecular weight excluding hydrogens is 202 g/mol. The smallest absolute Gasteiger partial charge is 0.000500 e. The number of rotatable bonds is 10. The van der Waals surface area contributed by atoms with E-state index < -0.39 is 0 Å². The summed E-state index contributed by atoms with van der Waals surface area (Å²) in [5.74, 6) is 2.59. The van der Waals surface area contributed by atoms with Crippen molar-refractivity contribution in [1.82, 2.24) is 5.32 Å². The van der Waals surface area contributed by atoms with Gasteiger partial charge in [-0.25, -0.2) is 0 Å². The lowest BCUT2D eigenvalue weighted by Gasteiger charge is -2.33. The monoisotopic (exact) mass is 231 g/mol. The van der Waals surface area contributed by atoms with Crippen LogP contribution in [0.25, 0.3) is 0 Å². The van der Waals surface area contributed by atoms with Gasteiger partial charge in [-0.15, -0.1) is 0 Å². The molecule has 0 heterocycles. The third-order valence-corrected chi connectivity index (χ3v) is 4.24. The van der Waals surface area contributed by atoms with E-state index in [1.54, 1.807) is 0 Å². The molecule has 0 saturated heterocycles. The van der Waals surface area contributed by atoms with E-state index in [2.05, 4.69) is 44.9 Å². The lowest BCUT2D eigenvalue weighted by Crippen LogP contribution is -2.32. The number of thioether (sulfide) groups is 1. The molecule has 1 unspecified atom stereocenters. The molecule has 0 aliphatic carbocycles. The standard InChI is InChI=1S/C13H29NS/c1-5-8-9-13(6-2,12-14-4)10-11-15-7-3/h14H,5-12H2,1-4H3. The van der Waals surface area contributed by atoms with Crippen LogP contribution >= 0.6 is 11.8 Å². The molecule has 92 valence electrons. The van der Waals surface area contributed by atoms with Crippen LogP contribution in [-0.2, 0) is 0 Å². The van der Waals surface area contributed by atoms with Crippen LogP contribution in [0.2, 0.25) is 0 Å². The second-order valence-corrected chi connectivity index (χ2v) is 5.83. The second kappa shape index (κ2) is 9.53. The molecule has 0 bridgehead atoms. The van der Waals surface area contributed by atoms with Crippen molar-refractivity contribution in [2.45, 2.75) is 52.9 Å². The fraction of sp³-hybridized carbons (Fsp3) is 1.00. The van der Waals surface area contributed by atoms with Crippen molar-refractivity contribution in [3.8, 4) is 0 Å². The highest BCUT2D eigenvalue weighted by atomic mass is 32.2. The van der Waals surface area contributed by atoms with E-state index in [-0.39, 0.29) is 0 Å². The van der Waals surface area contributed by atoms with E-state index in [1.807, 2.05) is 0 Å². The van der Waals surface area contributed by atoms with Gasteiger partial charge in [-0.1, -0.05) is 33.6 Å². The highest BCUT2D eigenvalue weighted by Crippen LogP contribution is 2.33. The van der Waals surface area contributed by atoms with Gasteiger partial charge in [-0.2, -0.15) is 11.8 Å². The van der Waals surface area contributed by atoms with Gasteiger partial charge in [-0.3, -0.25) is 0 Å². The lowest BCUT2D eigenvalue weighted by atomic mass is 9.78. The molecule has 0 aliphatic rings. The van der Waals surface area contributed by atoms with Crippen LogP contribution in [0.4, 0.5) is 0 Å². The summed E-state index contributed by atoms with van der Waals surface area (Å²) in [6.07, 6.45) is 6.80. The molecule has 0 rings (SSSR count). The largest absolute Gasteiger partial charge is 0.319 e. The molecule has 0 amide bonds. The molecule has 1 nitrogen and oxygen atoms in total. The Hall–Kier alpha value is 0.310. The van der Waals surface area contributed by atoms with E-state index in [0.717, 1.165) is 0 Å². The Morgan fingerprint density at radius 1 is 1.13 bits per heavy atom. The molecule has 1 atom stereocenters. The van der Waals surface area contributed by atoms with Gasteiger partial charge in [0.15, 0.2) is 0 Å². The maximum absolute atomic E-state index is 3.39. The molecule has 0 fully saturated rings. The lowest BCUT2D eigenvalue weighted by molar-refractivity contribution is 0.229. The molecule has 15 heavy (non-hydrogen) atoms. The Kier molecular flexibility index (Phi) is 9.73. The van der Waals surface area contributed by atoms with Crippen LogP contribution in [0.5, 0.6) is 0 Å². The molecule has 0 aromatic heterocycles. The average molecular weight is 231 g/mol. The van der Waals surface area contributed by atoms with Gasteiger partial charge in [0.05, 0.1) is 0 Å². The first-order valence-electron chi connectivity index (χ1n) is 6.47. The van der Waals surface area contributed by atoms with Gasteiger partial charge in [0.25, 0.3) is 0 Å². The summed E-state index contributed by atoms with van der Waals surface area (Å²) >= 11 is 2.08. The van der Waals surface area contributed by atoms with Gasteiger partial charge in [-0.05, 0) is 43.2 Å². The summed E-state index contributed by atoms with van der Waals surface area (Å²) in [6, 6.07) is 0. The summed E-state index contributed by atoms with van der Waals surface area (Å²) < 4.78 is 0. The zero-order valence-corrected chi connectivity index (χ0v) is 11.9. The van der Waals surface area contributed by atoms with Crippen LogP contribution in [0.1, 0.15) is 52.9 Å². The molecular formula is C13H29NS. The first-order valence-corrected chi connectivity index (χ1v) is 7.62. The van der Waals surface area contributed by atoms with E-state index in [0.29, 0.717) is 5.41 Å². The third-order valence-electron chi connectivity index (χ3n) is 3.34. The molecule has 2 heteroatoms. The Labute approximate surface area is 101 Å². The van der Waals surface area contributed by atoms with Crippen molar-refractivity contribution >= 4 is 11.8 Å². The summed E-state index contributed by atoms with van der Waals surface area (Å²) in [6.45, 7) is 8.08. The van der Waals surface area contributed by atoms with Crippen molar-refractivity contribution in [2.24, 2.45) is 5.41 Å². The Morgan fingerprint density at radius 2 is 1.87 bits per heavy atom. The fourth-order valence-corrected chi connectivity index (χ4v) is 3.01. The third kappa shape index (κ3) is 6.47. The molecule has 1 N–H and O–H groups in total. The minimum Gasteiger partial charge on any atom is -0.319 e. The van der Waals surface area contributed by atoms with Crippen LogP contribution in [0.3, 0.4) is 0 Å². The molecule has 0 radical (unpaired) electrons. The van der Waals surface area contributed by atoms with Gasteiger partial charge >= 0.3 is 0 Å². The number of hydrogen-bond donors (Lipinski definition) is 1. The van der Waals surface area contributed by atoms with Crippen LogP contribution in [0, 0.1) is 5.41 Å². The Balaban J connectivity index is 4.09. The van der Waals surface area contributed by atoms with E-state index in [9.17, 15) is 0 Å². The quantitative estimate of drug-likeness (QED) is 0.572. The van der Waals surface area contributed by atoms with E-state index in [1.165, 1.54) is 50.2 Å². The topological polar surface area (TPSA) is 12.0 Å². The second-order valence-electron chi connectivity index (χ2n) is 4.43. The van der Waals surface area contributed by atoms with Crippen LogP contribution in [0.15, 0.2) is 0 Å². The predicted octanol–water partition coefficient (Wildman–Crippen LogP) is 3.94. The first-order chi connectivity index (χ1) is 7.24. The summed E-state index contributed by atoms with van der Waals surface area (Å²) in [4.78, 5) is 0. The van der Waals surface area contributed by atoms with Crippen LogP contribution < -0.4 is 5.32 Å². The highest BCUT2D eigenvalue weighted by molar-refractivity contribution is 7.99. The SMILES string of the molecule is CCCCC(CC)(CCSCC)CNC. The van der Waals surface area contributed by atoms with Crippen molar-refractivity contribution in [3.63, 3.8) is 0 Å². The minimum absolute atomic E-state index is 0.562. The molecule has 0 saturated carbocycles. The summed E-state index contributed by atoms with van der Waals surface area (Å²) in [7, 11) is 2.09. The van der Waals surface area contributed by atoms with Crippen molar-refractivity contribution in [3.05, 3.63) is 0 Å². The normalized spacial score (nSPS) is 15.2. The van der Waals surface area contributed by atoms with Crippen LogP contribution in [-0.4, -0.2) is 25.1 Å². The maximum atomic E-state index is 3.39. The van der Waals surface area contributed by atoms with Gasteiger partial charge < -0.3 is 5.32 Å². The number of unbranched alkanes of at least 4 members (excludes halogenated alkanes) is 1. The molecule has 0 aromatic rings.